The van der Waals surface area contributed by atoms with Crippen molar-refractivity contribution >= 4 is 35.4 Å². The first-order valence-electron chi connectivity index (χ1n) is 9.64. The Morgan fingerprint density at radius 1 is 1.06 bits per heavy atom. The predicted octanol–water partition coefficient (Wildman–Crippen LogP) is 4.39. The second-order valence-corrected chi connectivity index (χ2v) is 7.12. The average Bonchev–Trinajstić information content (AvgIpc) is 2.80. The molecule has 0 saturated heterocycles. The lowest BCUT2D eigenvalue weighted by Gasteiger charge is -2.12. The minimum Gasteiger partial charge on any atom is -0.481 e. The van der Waals surface area contributed by atoms with Crippen LogP contribution in [0.3, 0.4) is 0 Å². The minimum atomic E-state index is -0.915. The van der Waals surface area contributed by atoms with Gasteiger partial charge in [-0.3, -0.25) is 14.9 Å². The van der Waals surface area contributed by atoms with Gasteiger partial charge in [0, 0.05) is 22.7 Å². The van der Waals surface area contributed by atoms with Gasteiger partial charge in [-0.15, -0.1) is 0 Å². The molecule has 0 aliphatic rings. The standard InChI is InChI=1S/C23H18ClN3O6/c1-15(32-20-12-10-19(11-13-20)27(30)31)22(28)26-25-14-17-4-2-3-5-21(17)33-23(29)16-6-8-18(24)9-7-16/h2-15H,1H3,(H,26,28)/b25-14-/t15-/m0/s1. The fourth-order valence-electron chi connectivity index (χ4n) is 2.59. The lowest BCUT2D eigenvalue weighted by Crippen LogP contribution is -2.33. The summed E-state index contributed by atoms with van der Waals surface area (Å²) >= 11 is 5.83. The van der Waals surface area contributed by atoms with Crippen molar-refractivity contribution in [2.75, 3.05) is 0 Å². The van der Waals surface area contributed by atoms with Crippen molar-refractivity contribution in [2.45, 2.75) is 13.0 Å². The van der Waals surface area contributed by atoms with E-state index in [9.17, 15) is 19.7 Å². The highest BCUT2D eigenvalue weighted by atomic mass is 35.5. The summed E-state index contributed by atoms with van der Waals surface area (Å²) in [6.07, 6.45) is 0.419. The van der Waals surface area contributed by atoms with Crippen molar-refractivity contribution in [3.05, 3.63) is 99.1 Å². The number of halogens is 1. The van der Waals surface area contributed by atoms with Crippen LogP contribution in [0.4, 0.5) is 5.69 Å². The summed E-state index contributed by atoms with van der Waals surface area (Å²) in [6, 6.07) is 18.3. The Hall–Kier alpha value is -4.24. The third kappa shape index (κ3) is 6.62. The van der Waals surface area contributed by atoms with E-state index in [0.29, 0.717) is 21.9 Å². The van der Waals surface area contributed by atoms with E-state index in [1.54, 1.807) is 48.5 Å². The molecule has 33 heavy (non-hydrogen) atoms. The summed E-state index contributed by atoms with van der Waals surface area (Å²) in [5, 5.41) is 15.1. The summed E-state index contributed by atoms with van der Waals surface area (Å²) in [5.41, 5.74) is 3.05. The second kappa shape index (κ2) is 10.9. The van der Waals surface area contributed by atoms with Crippen LogP contribution in [0.2, 0.25) is 5.02 Å². The molecule has 0 bridgehead atoms. The van der Waals surface area contributed by atoms with Crippen LogP contribution in [0.1, 0.15) is 22.8 Å². The van der Waals surface area contributed by atoms with E-state index in [1.165, 1.54) is 37.4 Å². The molecule has 3 rings (SSSR count). The molecule has 1 N–H and O–H groups in total. The molecule has 3 aromatic carbocycles. The summed E-state index contributed by atoms with van der Waals surface area (Å²) in [6.45, 7) is 1.51. The van der Waals surface area contributed by atoms with Gasteiger partial charge in [0.05, 0.1) is 16.7 Å². The number of carbonyl (C=O) groups is 2. The third-order valence-corrected chi connectivity index (χ3v) is 4.56. The zero-order chi connectivity index (χ0) is 23.8. The largest absolute Gasteiger partial charge is 0.481 e. The predicted molar refractivity (Wildman–Crippen MR) is 122 cm³/mol. The number of benzene rings is 3. The molecule has 1 amide bonds. The quantitative estimate of drug-likeness (QED) is 0.172. The van der Waals surface area contributed by atoms with Crippen LogP contribution in [0.15, 0.2) is 77.9 Å². The molecule has 0 aromatic heterocycles. The van der Waals surface area contributed by atoms with E-state index >= 15 is 0 Å². The van der Waals surface area contributed by atoms with Gasteiger partial charge in [0.15, 0.2) is 6.10 Å². The lowest BCUT2D eigenvalue weighted by atomic mass is 10.2. The molecule has 1 atom stereocenters. The smallest absolute Gasteiger partial charge is 0.343 e. The van der Waals surface area contributed by atoms with Crippen LogP contribution in [0.25, 0.3) is 0 Å². The second-order valence-electron chi connectivity index (χ2n) is 6.68. The Morgan fingerprint density at radius 2 is 1.73 bits per heavy atom. The Balaban J connectivity index is 1.59. The third-order valence-electron chi connectivity index (χ3n) is 4.31. The molecule has 10 heteroatoms. The molecule has 9 nitrogen and oxygen atoms in total. The molecule has 0 unspecified atom stereocenters. The fraction of sp³-hybridized carbons (Fsp3) is 0.0870. The number of non-ortho nitro benzene ring substituents is 1. The number of hydrogen-bond acceptors (Lipinski definition) is 7. The Morgan fingerprint density at radius 3 is 2.39 bits per heavy atom. The molecule has 0 heterocycles. The Labute approximate surface area is 193 Å². The maximum Gasteiger partial charge on any atom is 0.343 e. The number of hydrogen-bond donors (Lipinski definition) is 1. The van der Waals surface area contributed by atoms with Crippen LogP contribution in [-0.2, 0) is 4.79 Å². The number of para-hydroxylation sites is 1. The van der Waals surface area contributed by atoms with Crippen molar-refractivity contribution in [2.24, 2.45) is 5.10 Å². The van der Waals surface area contributed by atoms with E-state index < -0.39 is 22.9 Å². The Kier molecular flexibility index (Phi) is 7.72. The first kappa shape index (κ1) is 23.4. The normalized spacial score (nSPS) is 11.6. The molecule has 3 aromatic rings. The molecule has 0 saturated carbocycles. The zero-order valence-electron chi connectivity index (χ0n) is 17.3. The SMILES string of the molecule is C[C@H](Oc1ccc([N+](=O)[O-])cc1)C(=O)N/N=C\c1ccccc1OC(=O)c1ccc(Cl)cc1. The summed E-state index contributed by atoms with van der Waals surface area (Å²) in [5.74, 6) is -0.556. The van der Waals surface area contributed by atoms with Crippen LogP contribution < -0.4 is 14.9 Å². The molecule has 0 spiro atoms. The number of nitro groups is 1. The highest BCUT2D eigenvalue weighted by Gasteiger charge is 2.15. The van der Waals surface area contributed by atoms with Gasteiger partial charge >= 0.3 is 5.97 Å². The minimum absolute atomic E-state index is 0.0838. The number of amides is 1. The van der Waals surface area contributed by atoms with E-state index in [4.69, 9.17) is 21.1 Å². The van der Waals surface area contributed by atoms with Gasteiger partial charge in [0.1, 0.15) is 11.5 Å². The van der Waals surface area contributed by atoms with Gasteiger partial charge < -0.3 is 9.47 Å². The van der Waals surface area contributed by atoms with Gasteiger partial charge in [0.2, 0.25) is 0 Å². The maximum absolute atomic E-state index is 12.3. The van der Waals surface area contributed by atoms with Gasteiger partial charge in [-0.05, 0) is 55.5 Å². The summed E-state index contributed by atoms with van der Waals surface area (Å²) < 4.78 is 10.9. The molecular formula is C23H18ClN3O6. The van der Waals surface area contributed by atoms with Gasteiger partial charge in [0.25, 0.3) is 11.6 Å². The lowest BCUT2D eigenvalue weighted by molar-refractivity contribution is -0.384. The van der Waals surface area contributed by atoms with Crippen molar-refractivity contribution in [1.29, 1.82) is 0 Å². The van der Waals surface area contributed by atoms with Crippen molar-refractivity contribution < 1.29 is 24.0 Å². The topological polar surface area (TPSA) is 120 Å². The van der Waals surface area contributed by atoms with E-state index in [0.717, 1.165) is 0 Å². The van der Waals surface area contributed by atoms with Gasteiger partial charge in [-0.2, -0.15) is 5.10 Å². The number of carbonyl (C=O) groups excluding carboxylic acids is 2. The number of esters is 1. The van der Waals surface area contributed by atoms with Crippen LogP contribution in [-0.4, -0.2) is 29.1 Å². The molecule has 0 fully saturated rings. The molecule has 0 aliphatic carbocycles. The molecular weight excluding hydrogens is 450 g/mol. The number of ether oxygens (including phenoxy) is 2. The van der Waals surface area contributed by atoms with Crippen molar-refractivity contribution in [1.82, 2.24) is 5.43 Å². The monoisotopic (exact) mass is 467 g/mol. The highest BCUT2D eigenvalue weighted by Crippen LogP contribution is 2.20. The number of rotatable bonds is 8. The van der Waals surface area contributed by atoms with Gasteiger partial charge in [-0.1, -0.05) is 23.7 Å². The number of hydrazone groups is 1. The molecule has 0 radical (unpaired) electrons. The van der Waals surface area contributed by atoms with Crippen molar-refractivity contribution in [3.63, 3.8) is 0 Å². The fourth-order valence-corrected chi connectivity index (χ4v) is 2.71. The number of nitrogens with one attached hydrogen (secondary N) is 1. The van der Waals surface area contributed by atoms with Crippen LogP contribution in [0, 0.1) is 10.1 Å². The van der Waals surface area contributed by atoms with Crippen LogP contribution >= 0.6 is 11.6 Å². The first-order valence-corrected chi connectivity index (χ1v) is 10.0. The van der Waals surface area contributed by atoms with E-state index in [-0.39, 0.29) is 11.4 Å². The van der Waals surface area contributed by atoms with Crippen molar-refractivity contribution in [3.8, 4) is 11.5 Å². The zero-order valence-corrected chi connectivity index (χ0v) is 18.1. The number of nitro benzene ring substituents is 1. The summed E-state index contributed by atoms with van der Waals surface area (Å²) in [7, 11) is 0. The first-order chi connectivity index (χ1) is 15.8. The Bertz CT molecular complexity index is 1180. The highest BCUT2D eigenvalue weighted by molar-refractivity contribution is 6.30. The molecule has 0 aliphatic heterocycles. The molecule has 168 valence electrons. The average molecular weight is 468 g/mol. The number of nitrogens with zero attached hydrogens (tertiary/aromatic N) is 2. The van der Waals surface area contributed by atoms with Crippen LogP contribution in [0.5, 0.6) is 11.5 Å². The summed E-state index contributed by atoms with van der Waals surface area (Å²) in [4.78, 5) is 34.8. The maximum atomic E-state index is 12.3. The van der Waals surface area contributed by atoms with Gasteiger partial charge in [-0.25, -0.2) is 10.2 Å². The van der Waals surface area contributed by atoms with E-state index in [2.05, 4.69) is 10.5 Å². The van der Waals surface area contributed by atoms with E-state index in [1.807, 2.05) is 0 Å².